The molecular weight excluding hydrogens is 337 g/mol. The number of sulfone groups is 1. The molecule has 7 heteroatoms. The maximum atomic E-state index is 13.3. The fourth-order valence-corrected chi connectivity index (χ4v) is 3.91. The van der Waals surface area contributed by atoms with Gasteiger partial charge in [0.15, 0.2) is 0 Å². The Bertz CT molecular complexity index is 589. The minimum atomic E-state index is -2.95. The van der Waals surface area contributed by atoms with Crippen molar-refractivity contribution in [3.63, 3.8) is 0 Å². The predicted molar refractivity (Wildman–Crippen MR) is 73.2 cm³/mol. The summed E-state index contributed by atoms with van der Waals surface area (Å²) < 4.78 is 36.0. The number of hydrogen-bond acceptors (Lipinski definition) is 3. The highest BCUT2D eigenvalue weighted by Crippen LogP contribution is 2.21. The van der Waals surface area contributed by atoms with Gasteiger partial charge in [-0.1, -0.05) is 6.07 Å². The second-order valence-electron chi connectivity index (χ2n) is 4.50. The van der Waals surface area contributed by atoms with Crippen molar-refractivity contribution in [2.45, 2.75) is 18.9 Å². The summed E-state index contributed by atoms with van der Waals surface area (Å²) in [6.07, 6.45) is 0.808. The van der Waals surface area contributed by atoms with E-state index in [0.29, 0.717) is 12.8 Å². The molecule has 1 aromatic carbocycles. The summed E-state index contributed by atoms with van der Waals surface area (Å²) in [7, 11) is -2.95. The topological polar surface area (TPSA) is 63.2 Å². The largest absolute Gasteiger partial charge is 0.349 e. The SMILES string of the molecule is O=C(NC1CCS(=O)(=O)CC1)c1cccc(F)c1Br. The summed E-state index contributed by atoms with van der Waals surface area (Å²) in [6, 6.07) is 4.06. The summed E-state index contributed by atoms with van der Waals surface area (Å²) in [5.74, 6) is -0.723. The van der Waals surface area contributed by atoms with E-state index in [0.717, 1.165) is 0 Å². The van der Waals surface area contributed by atoms with Crippen LogP contribution in [0.1, 0.15) is 23.2 Å². The minimum Gasteiger partial charge on any atom is -0.349 e. The van der Waals surface area contributed by atoms with Gasteiger partial charge in [-0.25, -0.2) is 12.8 Å². The molecule has 104 valence electrons. The standard InChI is InChI=1S/C12H13BrFNO3S/c13-11-9(2-1-3-10(11)14)12(16)15-8-4-6-19(17,18)7-5-8/h1-3,8H,4-7H2,(H,15,16). The fourth-order valence-electron chi connectivity index (χ4n) is 1.98. The van der Waals surface area contributed by atoms with Gasteiger partial charge in [0.25, 0.3) is 5.91 Å². The first-order chi connectivity index (χ1) is 8.89. The van der Waals surface area contributed by atoms with Crippen LogP contribution < -0.4 is 5.32 Å². The lowest BCUT2D eigenvalue weighted by Crippen LogP contribution is -2.41. The molecule has 0 spiro atoms. The lowest BCUT2D eigenvalue weighted by molar-refractivity contribution is 0.0933. The van der Waals surface area contributed by atoms with Gasteiger partial charge in [-0.05, 0) is 40.9 Å². The smallest absolute Gasteiger partial charge is 0.252 e. The minimum absolute atomic E-state index is 0.0856. The third-order valence-corrected chi connectivity index (χ3v) is 5.61. The Balaban J connectivity index is 2.04. The molecule has 1 saturated heterocycles. The Kier molecular flexibility index (Phi) is 4.25. The highest BCUT2D eigenvalue weighted by Gasteiger charge is 2.25. The van der Waals surface area contributed by atoms with Crippen LogP contribution in [-0.2, 0) is 9.84 Å². The maximum absolute atomic E-state index is 13.3. The quantitative estimate of drug-likeness (QED) is 0.886. The highest BCUT2D eigenvalue weighted by atomic mass is 79.9. The first-order valence-electron chi connectivity index (χ1n) is 5.84. The third-order valence-electron chi connectivity index (χ3n) is 3.09. The van der Waals surface area contributed by atoms with Gasteiger partial charge in [-0.3, -0.25) is 4.79 Å². The average Bonchev–Trinajstić information content (AvgIpc) is 2.35. The van der Waals surface area contributed by atoms with E-state index in [-0.39, 0.29) is 27.6 Å². The number of halogens is 2. The third kappa shape index (κ3) is 3.54. The van der Waals surface area contributed by atoms with Gasteiger partial charge in [0.1, 0.15) is 15.7 Å². The van der Waals surface area contributed by atoms with E-state index < -0.39 is 21.6 Å². The normalized spacial score (nSPS) is 19.1. The molecule has 0 bridgehead atoms. The first-order valence-corrected chi connectivity index (χ1v) is 8.46. The lowest BCUT2D eigenvalue weighted by atomic mass is 10.1. The van der Waals surface area contributed by atoms with Crippen LogP contribution in [0.4, 0.5) is 4.39 Å². The number of rotatable bonds is 2. The molecule has 1 fully saturated rings. The van der Waals surface area contributed by atoms with Crippen LogP contribution >= 0.6 is 15.9 Å². The molecule has 1 aliphatic rings. The lowest BCUT2D eigenvalue weighted by Gasteiger charge is -2.23. The van der Waals surface area contributed by atoms with E-state index in [1.54, 1.807) is 0 Å². The van der Waals surface area contributed by atoms with Gasteiger partial charge in [0.2, 0.25) is 0 Å². The molecule has 0 saturated carbocycles. The van der Waals surface area contributed by atoms with Gasteiger partial charge in [-0.2, -0.15) is 0 Å². The number of amides is 1. The molecule has 0 atom stereocenters. The Hall–Kier alpha value is -0.950. The van der Waals surface area contributed by atoms with Crippen LogP contribution in [0.5, 0.6) is 0 Å². The van der Waals surface area contributed by atoms with Crippen LogP contribution in [0.3, 0.4) is 0 Å². The molecule has 1 N–H and O–H groups in total. The highest BCUT2D eigenvalue weighted by molar-refractivity contribution is 9.10. The van der Waals surface area contributed by atoms with Gasteiger partial charge in [0, 0.05) is 6.04 Å². The summed E-state index contributed by atoms with van der Waals surface area (Å²) in [5, 5.41) is 2.74. The number of carbonyl (C=O) groups is 1. The van der Waals surface area contributed by atoms with Gasteiger partial charge in [0.05, 0.1) is 21.5 Å². The number of hydrogen-bond donors (Lipinski definition) is 1. The summed E-state index contributed by atoms with van der Waals surface area (Å²) in [4.78, 5) is 12.0. The molecule has 0 unspecified atom stereocenters. The van der Waals surface area contributed by atoms with Crippen molar-refractivity contribution in [1.82, 2.24) is 5.32 Å². The summed E-state index contributed by atoms with van der Waals surface area (Å²) in [5.41, 5.74) is 0.216. The van der Waals surface area contributed by atoms with E-state index in [2.05, 4.69) is 21.2 Å². The van der Waals surface area contributed by atoms with Crippen molar-refractivity contribution in [1.29, 1.82) is 0 Å². The molecule has 0 aliphatic carbocycles. The number of nitrogens with one attached hydrogen (secondary N) is 1. The monoisotopic (exact) mass is 349 g/mol. The Labute approximate surface area is 119 Å². The van der Waals surface area contributed by atoms with E-state index in [1.165, 1.54) is 18.2 Å². The van der Waals surface area contributed by atoms with Gasteiger partial charge >= 0.3 is 0 Å². The molecular formula is C12H13BrFNO3S. The molecule has 0 radical (unpaired) electrons. The first kappa shape index (κ1) is 14.5. The predicted octanol–water partition coefficient (Wildman–Crippen LogP) is 1.90. The van der Waals surface area contributed by atoms with Crippen LogP contribution in [-0.4, -0.2) is 31.9 Å². The molecule has 1 amide bonds. The van der Waals surface area contributed by atoms with Crippen LogP contribution in [0.2, 0.25) is 0 Å². The number of carbonyl (C=O) groups excluding carboxylic acids is 1. The summed E-state index contributed by atoms with van der Waals surface area (Å²) in [6.45, 7) is 0. The zero-order chi connectivity index (χ0) is 14.0. The van der Waals surface area contributed by atoms with Crippen molar-refractivity contribution in [3.8, 4) is 0 Å². The van der Waals surface area contributed by atoms with Crippen molar-refractivity contribution < 1.29 is 17.6 Å². The van der Waals surface area contributed by atoms with E-state index in [4.69, 9.17) is 0 Å². The molecule has 1 aromatic rings. The van der Waals surface area contributed by atoms with E-state index in [1.807, 2.05) is 0 Å². The van der Waals surface area contributed by atoms with Crippen LogP contribution in [0.15, 0.2) is 22.7 Å². The van der Waals surface area contributed by atoms with Gasteiger partial charge < -0.3 is 5.32 Å². The number of benzene rings is 1. The molecule has 0 aromatic heterocycles. The van der Waals surface area contributed by atoms with Crippen molar-refractivity contribution >= 4 is 31.7 Å². The second-order valence-corrected chi connectivity index (χ2v) is 7.60. The zero-order valence-electron chi connectivity index (χ0n) is 10.0. The van der Waals surface area contributed by atoms with Gasteiger partial charge in [-0.15, -0.1) is 0 Å². The van der Waals surface area contributed by atoms with E-state index in [9.17, 15) is 17.6 Å². The zero-order valence-corrected chi connectivity index (χ0v) is 12.4. The Morgan fingerprint density at radius 2 is 1.95 bits per heavy atom. The molecule has 4 nitrogen and oxygen atoms in total. The summed E-state index contributed by atoms with van der Waals surface area (Å²) >= 11 is 3.03. The Morgan fingerprint density at radius 1 is 1.32 bits per heavy atom. The molecule has 2 rings (SSSR count). The maximum Gasteiger partial charge on any atom is 0.252 e. The molecule has 19 heavy (non-hydrogen) atoms. The van der Waals surface area contributed by atoms with Crippen LogP contribution in [0, 0.1) is 5.82 Å². The molecule has 1 heterocycles. The second kappa shape index (κ2) is 5.58. The van der Waals surface area contributed by atoms with Crippen molar-refractivity contribution in [3.05, 3.63) is 34.1 Å². The molecule has 1 aliphatic heterocycles. The fraction of sp³-hybridized carbons (Fsp3) is 0.417. The van der Waals surface area contributed by atoms with E-state index >= 15 is 0 Å². The van der Waals surface area contributed by atoms with Crippen molar-refractivity contribution in [2.24, 2.45) is 0 Å². The van der Waals surface area contributed by atoms with Crippen LogP contribution in [0.25, 0.3) is 0 Å². The van der Waals surface area contributed by atoms with Crippen molar-refractivity contribution in [2.75, 3.05) is 11.5 Å². The average molecular weight is 350 g/mol. The Morgan fingerprint density at radius 3 is 2.58 bits per heavy atom.